The molecule has 1 fully saturated rings. The van der Waals surface area contributed by atoms with Gasteiger partial charge in [-0.15, -0.1) is 0 Å². The topological polar surface area (TPSA) is 85.9 Å². The monoisotopic (exact) mass is 419 g/mol. The minimum atomic E-state index is -1.13. The standard InChI is InChI=1S/C24H25N3O4/c1-24-22-17(18-12-16(31-2)8-9-19(18)25-22)10-11-27(24)21(29)14-26(23(24)30)13-20(28)15-6-4-3-5-7-15/h3-9,12,20,25,28H,10-11,13-14H2,1-2H3/t20-,24+/m1/s1. The van der Waals surface area contributed by atoms with E-state index in [1.165, 1.54) is 4.90 Å². The normalized spacial score (nSPS) is 21.8. The summed E-state index contributed by atoms with van der Waals surface area (Å²) in [6.45, 7) is 2.33. The number of carbonyl (C=O) groups excluding carboxylic acids is 2. The molecule has 3 aromatic rings. The maximum absolute atomic E-state index is 13.7. The van der Waals surface area contributed by atoms with E-state index in [0.29, 0.717) is 13.0 Å². The number of ether oxygens (including phenoxy) is 1. The van der Waals surface area contributed by atoms with Crippen LogP contribution >= 0.6 is 0 Å². The quantitative estimate of drug-likeness (QED) is 0.680. The Balaban J connectivity index is 1.54. The second-order valence-electron chi connectivity index (χ2n) is 8.37. The van der Waals surface area contributed by atoms with Gasteiger partial charge in [-0.25, -0.2) is 0 Å². The Bertz CT molecular complexity index is 1170. The smallest absolute Gasteiger partial charge is 0.255 e. The first-order valence-electron chi connectivity index (χ1n) is 10.5. The van der Waals surface area contributed by atoms with Gasteiger partial charge in [0.15, 0.2) is 5.54 Å². The molecule has 2 aromatic carbocycles. The number of H-pyrrole nitrogens is 1. The third-order valence-corrected chi connectivity index (χ3v) is 6.63. The number of β-amino-alcohol motifs (C(OH)–C–C–N with tert-alkyl or cyclic N) is 1. The number of hydrogen-bond acceptors (Lipinski definition) is 4. The Kier molecular flexibility index (Phi) is 4.51. The van der Waals surface area contributed by atoms with Crippen LogP contribution in [0.2, 0.25) is 0 Å². The van der Waals surface area contributed by atoms with Crippen molar-refractivity contribution in [2.45, 2.75) is 25.0 Å². The van der Waals surface area contributed by atoms with Crippen LogP contribution in [0.3, 0.4) is 0 Å². The lowest BCUT2D eigenvalue weighted by molar-refractivity contribution is -0.167. The summed E-state index contributed by atoms with van der Waals surface area (Å²) in [6, 6.07) is 15.0. The number of amides is 2. The Hall–Kier alpha value is -3.32. The molecule has 160 valence electrons. The molecule has 31 heavy (non-hydrogen) atoms. The van der Waals surface area contributed by atoms with Crippen molar-refractivity contribution in [3.63, 3.8) is 0 Å². The number of benzene rings is 2. The van der Waals surface area contributed by atoms with Gasteiger partial charge in [0.2, 0.25) is 5.91 Å². The number of methoxy groups -OCH3 is 1. The number of carbonyl (C=O) groups is 2. The van der Waals surface area contributed by atoms with Crippen LogP contribution in [0.4, 0.5) is 0 Å². The molecule has 1 saturated heterocycles. The van der Waals surface area contributed by atoms with Crippen LogP contribution in [-0.2, 0) is 21.5 Å². The second kappa shape index (κ2) is 7.13. The third-order valence-electron chi connectivity index (χ3n) is 6.63. The first kappa shape index (κ1) is 19.6. The molecule has 0 spiro atoms. The van der Waals surface area contributed by atoms with E-state index in [0.717, 1.165) is 33.5 Å². The Labute approximate surface area is 180 Å². The predicted octanol–water partition coefficient (Wildman–Crippen LogP) is 2.35. The summed E-state index contributed by atoms with van der Waals surface area (Å²) < 4.78 is 5.37. The zero-order chi connectivity index (χ0) is 21.8. The summed E-state index contributed by atoms with van der Waals surface area (Å²) >= 11 is 0. The van der Waals surface area contributed by atoms with E-state index in [1.54, 1.807) is 18.9 Å². The van der Waals surface area contributed by atoms with Crippen molar-refractivity contribution in [2.24, 2.45) is 0 Å². The van der Waals surface area contributed by atoms with E-state index >= 15 is 0 Å². The molecule has 7 nitrogen and oxygen atoms in total. The summed E-state index contributed by atoms with van der Waals surface area (Å²) in [5, 5.41) is 11.7. The predicted molar refractivity (Wildman–Crippen MR) is 116 cm³/mol. The average Bonchev–Trinajstić information content (AvgIpc) is 3.17. The molecule has 5 rings (SSSR count). The molecule has 7 heteroatoms. The third kappa shape index (κ3) is 2.91. The number of aromatic amines is 1. The highest BCUT2D eigenvalue weighted by Gasteiger charge is 2.54. The molecule has 0 radical (unpaired) electrons. The van der Waals surface area contributed by atoms with Gasteiger partial charge in [0.05, 0.1) is 32.0 Å². The number of piperazine rings is 1. The maximum atomic E-state index is 13.7. The van der Waals surface area contributed by atoms with Crippen molar-refractivity contribution in [2.75, 3.05) is 26.7 Å². The second-order valence-corrected chi connectivity index (χ2v) is 8.37. The molecule has 1 aromatic heterocycles. The van der Waals surface area contributed by atoms with E-state index in [1.807, 2.05) is 48.5 Å². The molecular formula is C24H25N3O4. The van der Waals surface area contributed by atoms with Crippen LogP contribution < -0.4 is 4.74 Å². The average molecular weight is 419 g/mol. The molecule has 0 aliphatic carbocycles. The van der Waals surface area contributed by atoms with Crippen molar-refractivity contribution in [3.8, 4) is 5.75 Å². The van der Waals surface area contributed by atoms with Crippen molar-refractivity contribution < 1.29 is 19.4 Å². The van der Waals surface area contributed by atoms with E-state index < -0.39 is 11.6 Å². The number of nitrogens with zero attached hydrogens (tertiary/aromatic N) is 2. The molecular weight excluding hydrogens is 394 g/mol. The van der Waals surface area contributed by atoms with Gasteiger partial charge >= 0.3 is 0 Å². The number of aliphatic hydroxyl groups excluding tert-OH is 1. The Morgan fingerprint density at radius 2 is 1.97 bits per heavy atom. The molecule has 3 heterocycles. The number of aliphatic hydroxyl groups is 1. The van der Waals surface area contributed by atoms with Gasteiger partial charge in [0, 0.05) is 17.4 Å². The van der Waals surface area contributed by atoms with Gasteiger partial charge < -0.3 is 24.6 Å². The van der Waals surface area contributed by atoms with Crippen molar-refractivity contribution in [1.29, 1.82) is 0 Å². The molecule has 0 unspecified atom stereocenters. The minimum Gasteiger partial charge on any atom is -0.497 e. The van der Waals surface area contributed by atoms with Crippen LogP contribution in [0.5, 0.6) is 5.75 Å². The minimum absolute atomic E-state index is 0.0261. The van der Waals surface area contributed by atoms with Crippen LogP contribution in [0.15, 0.2) is 48.5 Å². The summed E-state index contributed by atoms with van der Waals surface area (Å²) in [7, 11) is 1.63. The highest BCUT2D eigenvalue weighted by molar-refractivity contribution is 6.00. The van der Waals surface area contributed by atoms with Crippen molar-refractivity contribution in [3.05, 3.63) is 65.4 Å². The number of hydrogen-bond donors (Lipinski definition) is 2. The van der Waals surface area contributed by atoms with Crippen LogP contribution in [0, 0.1) is 0 Å². The Morgan fingerprint density at radius 1 is 1.19 bits per heavy atom. The lowest BCUT2D eigenvalue weighted by Gasteiger charge is -2.49. The maximum Gasteiger partial charge on any atom is 0.255 e. The van der Waals surface area contributed by atoms with Gasteiger partial charge in [0.1, 0.15) is 5.75 Å². The van der Waals surface area contributed by atoms with Gasteiger partial charge in [-0.2, -0.15) is 0 Å². The SMILES string of the molecule is COc1ccc2[nH]c3c(c2c1)CCN1C(=O)CN(C[C@@H](O)c2ccccc2)C(=O)[C@]31C. The molecule has 0 saturated carbocycles. The van der Waals surface area contributed by atoms with E-state index in [4.69, 9.17) is 4.74 Å². The zero-order valence-electron chi connectivity index (χ0n) is 17.6. The lowest BCUT2D eigenvalue weighted by Crippen LogP contribution is -2.67. The fourth-order valence-corrected chi connectivity index (χ4v) is 4.97. The van der Waals surface area contributed by atoms with Gasteiger partial charge in [0.25, 0.3) is 5.91 Å². The van der Waals surface area contributed by atoms with Crippen LogP contribution in [0.1, 0.15) is 29.8 Å². The zero-order valence-corrected chi connectivity index (χ0v) is 17.6. The summed E-state index contributed by atoms with van der Waals surface area (Å²) in [5.74, 6) is 0.464. The first-order valence-corrected chi connectivity index (χ1v) is 10.5. The molecule has 2 aliphatic rings. The molecule has 2 atom stereocenters. The Morgan fingerprint density at radius 3 is 2.71 bits per heavy atom. The highest BCUT2D eigenvalue weighted by Crippen LogP contribution is 2.42. The highest BCUT2D eigenvalue weighted by atomic mass is 16.5. The number of aromatic nitrogens is 1. The number of rotatable bonds is 4. The first-order chi connectivity index (χ1) is 14.9. The fourth-order valence-electron chi connectivity index (χ4n) is 4.97. The van der Waals surface area contributed by atoms with Crippen molar-refractivity contribution >= 4 is 22.7 Å². The molecule has 0 bridgehead atoms. The molecule has 2 N–H and O–H groups in total. The number of nitrogens with one attached hydrogen (secondary N) is 1. The summed E-state index contributed by atoms with van der Waals surface area (Å²) in [5.41, 5.74) is 2.29. The van der Waals surface area contributed by atoms with Gasteiger partial charge in [-0.3, -0.25) is 9.59 Å². The molecule has 2 aliphatic heterocycles. The van der Waals surface area contributed by atoms with E-state index in [2.05, 4.69) is 4.98 Å². The summed E-state index contributed by atoms with van der Waals surface area (Å²) in [6.07, 6.45) is -0.188. The van der Waals surface area contributed by atoms with Crippen LogP contribution in [-0.4, -0.2) is 58.4 Å². The summed E-state index contributed by atoms with van der Waals surface area (Å²) in [4.78, 5) is 33.3. The number of fused-ring (bicyclic) bond motifs is 5. The van der Waals surface area contributed by atoms with E-state index in [-0.39, 0.29) is 24.9 Å². The lowest BCUT2D eigenvalue weighted by atomic mass is 9.83. The fraction of sp³-hybridized carbons (Fsp3) is 0.333. The van der Waals surface area contributed by atoms with Crippen molar-refractivity contribution in [1.82, 2.24) is 14.8 Å². The van der Waals surface area contributed by atoms with E-state index in [9.17, 15) is 14.7 Å². The van der Waals surface area contributed by atoms with Crippen LogP contribution in [0.25, 0.3) is 10.9 Å². The largest absolute Gasteiger partial charge is 0.497 e. The van der Waals surface area contributed by atoms with Gasteiger partial charge in [-0.05, 0) is 42.7 Å². The van der Waals surface area contributed by atoms with Gasteiger partial charge in [-0.1, -0.05) is 30.3 Å². The molecule has 2 amide bonds.